The average Bonchev–Trinajstić information content (AvgIpc) is 3.18. The molecule has 0 aliphatic heterocycles. The summed E-state index contributed by atoms with van der Waals surface area (Å²) in [6.45, 7) is 0. The second-order valence-electron chi connectivity index (χ2n) is 5.89. The first-order valence-electron chi connectivity index (χ1n) is 8.08. The van der Waals surface area contributed by atoms with Crippen molar-refractivity contribution in [2.75, 3.05) is 11.8 Å². The summed E-state index contributed by atoms with van der Waals surface area (Å²) in [6.07, 6.45) is -3.68. The molecular formula is C18H13F3N2O6S. The number of nitrogens with zero attached hydrogens (tertiary/aromatic N) is 1. The summed E-state index contributed by atoms with van der Waals surface area (Å²) in [6, 6.07) is 7.37. The Hall–Kier alpha value is -3.54. The van der Waals surface area contributed by atoms with E-state index in [0.29, 0.717) is 0 Å². The van der Waals surface area contributed by atoms with Crippen LogP contribution in [0.15, 0.2) is 58.2 Å². The summed E-state index contributed by atoms with van der Waals surface area (Å²) in [5.74, 6) is -1.46. The number of aromatic carboxylic acids is 1. The Kier molecular flexibility index (Phi) is 5.44. The van der Waals surface area contributed by atoms with Gasteiger partial charge < -0.3 is 14.3 Å². The molecular weight excluding hydrogens is 429 g/mol. The van der Waals surface area contributed by atoms with E-state index in [-0.39, 0.29) is 28.5 Å². The average molecular weight is 442 g/mol. The number of carboxylic acids is 1. The van der Waals surface area contributed by atoms with E-state index in [9.17, 15) is 26.4 Å². The largest absolute Gasteiger partial charge is 0.495 e. The van der Waals surface area contributed by atoms with Crippen LogP contribution in [0.2, 0.25) is 0 Å². The first-order chi connectivity index (χ1) is 14.0. The Bertz CT molecular complexity index is 1190. The van der Waals surface area contributed by atoms with Gasteiger partial charge in [0, 0.05) is 5.56 Å². The number of oxazole rings is 1. The van der Waals surface area contributed by atoms with Crippen molar-refractivity contribution in [2.24, 2.45) is 0 Å². The van der Waals surface area contributed by atoms with Gasteiger partial charge in [0.05, 0.1) is 23.9 Å². The van der Waals surface area contributed by atoms with Gasteiger partial charge in [-0.25, -0.2) is 4.79 Å². The number of benzene rings is 2. The molecule has 2 aromatic carbocycles. The molecule has 3 rings (SSSR count). The molecule has 3 aromatic rings. The molecule has 30 heavy (non-hydrogen) atoms. The topological polar surface area (TPSA) is 119 Å². The maximum Gasteiger partial charge on any atom is 0.416 e. The number of hydrogen-bond acceptors (Lipinski definition) is 6. The van der Waals surface area contributed by atoms with Crippen LogP contribution in [-0.2, 0) is 16.2 Å². The monoisotopic (exact) mass is 442 g/mol. The highest BCUT2D eigenvalue weighted by molar-refractivity contribution is 7.92. The Morgan fingerprint density at radius 2 is 1.83 bits per heavy atom. The van der Waals surface area contributed by atoms with Crippen LogP contribution in [-0.4, -0.2) is 31.6 Å². The summed E-state index contributed by atoms with van der Waals surface area (Å²) >= 11 is 0. The molecule has 0 radical (unpaired) electrons. The molecule has 2 N–H and O–H groups in total. The van der Waals surface area contributed by atoms with Crippen molar-refractivity contribution in [3.8, 4) is 17.2 Å². The quantitative estimate of drug-likeness (QED) is 0.595. The third-order valence-corrected chi connectivity index (χ3v) is 5.14. The van der Waals surface area contributed by atoms with Gasteiger partial charge in [0.15, 0.2) is 0 Å². The molecule has 0 unspecified atom stereocenters. The highest BCUT2D eigenvalue weighted by atomic mass is 32.2. The maximum absolute atomic E-state index is 12.7. The van der Waals surface area contributed by atoms with Gasteiger partial charge in [0.25, 0.3) is 10.0 Å². The van der Waals surface area contributed by atoms with Crippen LogP contribution in [0.4, 0.5) is 18.9 Å². The minimum absolute atomic E-state index is 0.0371. The summed E-state index contributed by atoms with van der Waals surface area (Å²) in [5, 5.41) is 8.47. The van der Waals surface area contributed by atoms with Gasteiger partial charge in [-0.2, -0.15) is 26.6 Å². The van der Waals surface area contributed by atoms with Crippen molar-refractivity contribution in [2.45, 2.75) is 11.2 Å². The van der Waals surface area contributed by atoms with E-state index in [4.69, 9.17) is 14.3 Å². The van der Waals surface area contributed by atoms with Crippen molar-refractivity contribution in [3.05, 3.63) is 59.9 Å². The molecule has 0 atom stereocenters. The molecule has 1 heterocycles. The molecule has 1 aromatic heterocycles. The summed E-state index contributed by atoms with van der Waals surface area (Å²) < 4.78 is 75.4. The first kappa shape index (κ1) is 21.2. The minimum Gasteiger partial charge on any atom is -0.495 e. The Balaban J connectivity index is 1.87. The SMILES string of the molecule is COc1cc(C(=O)O)ccc1NS(=O)(=O)c1coc(-c2ccc(C(F)(F)F)cc2)n1. The number of sulfonamides is 1. The third-order valence-electron chi connectivity index (χ3n) is 3.91. The van der Waals surface area contributed by atoms with Gasteiger partial charge >= 0.3 is 12.1 Å². The van der Waals surface area contributed by atoms with Crippen LogP contribution < -0.4 is 9.46 Å². The lowest BCUT2D eigenvalue weighted by Gasteiger charge is -2.11. The van der Waals surface area contributed by atoms with Crippen molar-refractivity contribution >= 4 is 21.7 Å². The van der Waals surface area contributed by atoms with Crippen LogP contribution >= 0.6 is 0 Å². The number of rotatable bonds is 6. The fraction of sp³-hybridized carbons (Fsp3) is 0.111. The number of nitrogens with one attached hydrogen (secondary N) is 1. The number of anilines is 1. The predicted molar refractivity (Wildman–Crippen MR) is 97.7 cm³/mol. The predicted octanol–water partition coefficient (Wildman–Crippen LogP) is 3.87. The Morgan fingerprint density at radius 1 is 1.17 bits per heavy atom. The summed E-state index contributed by atoms with van der Waals surface area (Å²) in [5.41, 5.74) is -0.875. The molecule has 12 heteroatoms. The first-order valence-corrected chi connectivity index (χ1v) is 9.57. The zero-order chi connectivity index (χ0) is 22.1. The van der Waals surface area contributed by atoms with Crippen LogP contribution in [0.1, 0.15) is 15.9 Å². The second-order valence-corrected chi connectivity index (χ2v) is 7.52. The van der Waals surface area contributed by atoms with E-state index >= 15 is 0 Å². The van der Waals surface area contributed by atoms with Crippen molar-refractivity contribution < 1.29 is 40.6 Å². The lowest BCUT2D eigenvalue weighted by atomic mass is 10.1. The number of ether oxygens (including phenoxy) is 1. The smallest absolute Gasteiger partial charge is 0.416 e. The fourth-order valence-electron chi connectivity index (χ4n) is 2.42. The third kappa shape index (κ3) is 4.38. The Labute approximate surface area is 168 Å². The maximum atomic E-state index is 12.7. The highest BCUT2D eigenvalue weighted by Gasteiger charge is 2.30. The van der Waals surface area contributed by atoms with E-state index in [1.807, 2.05) is 0 Å². The molecule has 0 amide bonds. The molecule has 158 valence electrons. The molecule has 0 bridgehead atoms. The van der Waals surface area contributed by atoms with Crippen LogP contribution in [0.5, 0.6) is 5.75 Å². The second kappa shape index (κ2) is 7.71. The van der Waals surface area contributed by atoms with Gasteiger partial charge in [0.2, 0.25) is 10.9 Å². The number of hydrogen-bond donors (Lipinski definition) is 2. The molecule has 0 aliphatic carbocycles. The van der Waals surface area contributed by atoms with E-state index < -0.39 is 32.8 Å². The number of carboxylic acid groups (broad SMARTS) is 1. The number of halogens is 3. The van der Waals surface area contributed by atoms with Gasteiger partial charge in [-0.1, -0.05) is 0 Å². The van der Waals surface area contributed by atoms with Gasteiger partial charge in [0.1, 0.15) is 12.0 Å². The highest BCUT2D eigenvalue weighted by Crippen LogP contribution is 2.32. The van der Waals surface area contributed by atoms with Crippen LogP contribution in [0, 0.1) is 0 Å². The standard InChI is InChI=1S/C18H13F3N2O6S/c1-28-14-8-11(17(24)25)4-7-13(14)23-30(26,27)15-9-29-16(22-15)10-2-5-12(6-3-10)18(19,20)21/h2-9,23H,1H3,(H,24,25). The summed E-state index contributed by atoms with van der Waals surface area (Å²) in [4.78, 5) is 14.8. The van der Waals surface area contributed by atoms with Crippen molar-refractivity contribution in [1.82, 2.24) is 4.98 Å². The van der Waals surface area contributed by atoms with Gasteiger partial charge in [-0.05, 0) is 42.5 Å². The molecule has 0 spiro atoms. The van der Waals surface area contributed by atoms with Gasteiger partial charge in [-0.3, -0.25) is 4.72 Å². The van der Waals surface area contributed by atoms with Gasteiger partial charge in [-0.15, -0.1) is 0 Å². The molecule has 8 nitrogen and oxygen atoms in total. The van der Waals surface area contributed by atoms with E-state index in [0.717, 1.165) is 36.6 Å². The van der Waals surface area contributed by atoms with Crippen LogP contribution in [0.3, 0.4) is 0 Å². The molecule has 0 aliphatic rings. The number of aromatic nitrogens is 1. The molecule has 0 saturated heterocycles. The number of methoxy groups -OCH3 is 1. The normalized spacial score (nSPS) is 11.9. The molecule has 0 saturated carbocycles. The number of alkyl halides is 3. The number of carbonyl (C=O) groups is 1. The lowest BCUT2D eigenvalue weighted by molar-refractivity contribution is -0.137. The van der Waals surface area contributed by atoms with Crippen molar-refractivity contribution in [3.63, 3.8) is 0 Å². The fourth-order valence-corrected chi connectivity index (χ4v) is 3.36. The Morgan fingerprint density at radius 3 is 2.40 bits per heavy atom. The van der Waals surface area contributed by atoms with Crippen LogP contribution in [0.25, 0.3) is 11.5 Å². The van der Waals surface area contributed by atoms with E-state index in [1.165, 1.54) is 19.2 Å². The van der Waals surface area contributed by atoms with E-state index in [2.05, 4.69) is 9.71 Å². The minimum atomic E-state index is -4.51. The lowest BCUT2D eigenvalue weighted by Crippen LogP contribution is -2.14. The summed E-state index contributed by atoms with van der Waals surface area (Å²) in [7, 11) is -3.03. The zero-order valence-electron chi connectivity index (χ0n) is 15.1. The van der Waals surface area contributed by atoms with Crippen molar-refractivity contribution in [1.29, 1.82) is 0 Å². The molecule has 0 fully saturated rings. The zero-order valence-corrected chi connectivity index (χ0v) is 15.9. The van der Waals surface area contributed by atoms with E-state index in [1.54, 1.807) is 0 Å².